The maximum absolute atomic E-state index is 11.1. The highest BCUT2D eigenvalue weighted by atomic mass is 35.5. The Bertz CT molecular complexity index is 810. The summed E-state index contributed by atoms with van der Waals surface area (Å²) in [5, 5.41) is 15.0. The molecular formula is C18H19ClN2O4. The molecule has 1 aliphatic rings. The number of methoxy groups -OCH3 is 1. The first-order chi connectivity index (χ1) is 12.1. The van der Waals surface area contributed by atoms with Crippen LogP contribution in [0.25, 0.3) is 0 Å². The molecule has 1 unspecified atom stereocenters. The number of rotatable bonds is 5. The first-order valence-corrected chi connectivity index (χ1v) is 8.44. The fraction of sp³-hybridized carbons (Fsp3) is 0.333. The minimum Gasteiger partial charge on any atom is -0.493 e. The van der Waals surface area contributed by atoms with Crippen LogP contribution in [0.3, 0.4) is 0 Å². The number of nitrogens with zero attached hydrogens (tertiary/aromatic N) is 1. The van der Waals surface area contributed by atoms with E-state index in [2.05, 4.69) is 5.32 Å². The molecule has 1 aliphatic heterocycles. The Balaban J connectivity index is 2.13. The number of nitro groups is 1. The number of hydrogen-bond donors (Lipinski definition) is 1. The van der Waals surface area contributed by atoms with E-state index < -0.39 is 4.92 Å². The smallest absolute Gasteiger partial charge is 0.269 e. The fourth-order valence-electron chi connectivity index (χ4n) is 3.21. The van der Waals surface area contributed by atoms with Gasteiger partial charge in [0.05, 0.1) is 24.7 Å². The van der Waals surface area contributed by atoms with Crippen LogP contribution in [0.4, 0.5) is 5.69 Å². The van der Waals surface area contributed by atoms with Crippen LogP contribution in [0.2, 0.25) is 5.02 Å². The number of halogens is 1. The van der Waals surface area contributed by atoms with E-state index in [1.54, 1.807) is 13.2 Å². The average molecular weight is 363 g/mol. The number of nitro benzene ring substituents is 1. The molecule has 6 nitrogen and oxygen atoms in total. The SMILES string of the molecule is CCOc1c(OC)ccc2c1CCNC2c1cc([N+](=O)[O-])ccc1Cl. The topological polar surface area (TPSA) is 73.6 Å². The quantitative estimate of drug-likeness (QED) is 0.645. The standard InChI is InChI=1S/C18H19ClN2O4/c1-3-25-18-13-8-9-20-17(12(13)5-7-16(18)24-2)14-10-11(21(22)23)4-6-15(14)19/h4-7,10,17,20H,3,8-9H2,1-2H3. The monoisotopic (exact) mass is 362 g/mol. The van der Waals surface area contributed by atoms with Crippen molar-refractivity contribution in [2.45, 2.75) is 19.4 Å². The molecule has 132 valence electrons. The van der Waals surface area contributed by atoms with Crippen molar-refractivity contribution in [1.29, 1.82) is 0 Å². The lowest BCUT2D eigenvalue weighted by molar-refractivity contribution is -0.384. The third-order valence-corrected chi connectivity index (χ3v) is 4.65. The number of benzene rings is 2. The van der Waals surface area contributed by atoms with Gasteiger partial charge >= 0.3 is 0 Å². The highest BCUT2D eigenvalue weighted by molar-refractivity contribution is 6.31. The molecule has 2 aromatic rings. The van der Waals surface area contributed by atoms with E-state index in [4.69, 9.17) is 21.1 Å². The van der Waals surface area contributed by atoms with Gasteiger partial charge in [0.1, 0.15) is 0 Å². The zero-order valence-electron chi connectivity index (χ0n) is 14.0. The number of non-ortho nitro benzene ring substituents is 1. The van der Waals surface area contributed by atoms with Crippen LogP contribution in [0.15, 0.2) is 30.3 Å². The van der Waals surface area contributed by atoms with Gasteiger partial charge in [0.25, 0.3) is 5.69 Å². The predicted octanol–water partition coefficient (Wildman–Crippen LogP) is 3.89. The van der Waals surface area contributed by atoms with Gasteiger partial charge in [-0.2, -0.15) is 0 Å². The van der Waals surface area contributed by atoms with Gasteiger partial charge in [-0.25, -0.2) is 0 Å². The summed E-state index contributed by atoms with van der Waals surface area (Å²) in [6, 6.07) is 8.09. The largest absolute Gasteiger partial charge is 0.493 e. The van der Waals surface area contributed by atoms with Crippen LogP contribution >= 0.6 is 11.6 Å². The third-order valence-electron chi connectivity index (χ3n) is 4.31. The first-order valence-electron chi connectivity index (χ1n) is 8.06. The zero-order valence-corrected chi connectivity index (χ0v) is 14.8. The van der Waals surface area contributed by atoms with Crippen LogP contribution in [-0.4, -0.2) is 25.2 Å². The lowest BCUT2D eigenvalue weighted by Crippen LogP contribution is -2.31. The highest BCUT2D eigenvalue weighted by Crippen LogP contribution is 2.41. The maximum Gasteiger partial charge on any atom is 0.269 e. The van der Waals surface area contributed by atoms with Crippen molar-refractivity contribution in [3.8, 4) is 11.5 Å². The number of ether oxygens (including phenoxy) is 2. The Kier molecular flexibility index (Phi) is 5.11. The molecule has 0 saturated carbocycles. The van der Waals surface area contributed by atoms with Crippen molar-refractivity contribution < 1.29 is 14.4 Å². The molecule has 1 atom stereocenters. The Morgan fingerprint density at radius 2 is 2.12 bits per heavy atom. The van der Waals surface area contributed by atoms with Crippen molar-refractivity contribution in [2.24, 2.45) is 0 Å². The van der Waals surface area contributed by atoms with Crippen molar-refractivity contribution >= 4 is 17.3 Å². The summed E-state index contributed by atoms with van der Waals surface area (Å²) in [7, 11) is 1.61. The molecule has 2 aromatic carbocycles. The number of fused-ring (bicyclic) bond motifs is 1. The normalized spacial score (nSPS) is 16.2. The molecule has 0 bridgehead atoms. The lowest BCUT2D eigenvalue weighted by Gasteiger charge is -2.30. The fourth-order valence-corrected chi connectivity index (χ4v) is 3.43. The number of nitrogens with one attached hydrogen (secondary N) is 1. The summed E-state index contributed by atoms with van der Waals surface area (Å²) in [6.07, 6.45) is 0.783. The molecule has 0 aliphatic carbocycles. The molecule has 1 N–H and O–H groups in total. The second kappa shape index (κ2) is 7.29. The van der Waals surface area contributed by atoms with Crippen molar-refractivity contribution in [3.63, 3.8) is 0 Å². The molecule has 3 rings (SSSR count). The van der Waals surface area contributed by atoms with Gasteiger partial charge in [0.2, 0.25) is 0 Å². The van der Waals surface area contributed by atoms with Crippen LogP contribution < -0.4 is 14.8 Å². The summed E-state index contributed by atoms with van der Waals surface area (Å²) in [5.41, 5.74) is 2.75. The minimum atomic E-state index is -0.413. The highest BCUT2D eigenvalue weighted by Gasteiger charge is 2.28. The van der Waals surface area contributed by atoms with E-state index in [1.807, 2.05) is 19.1 Å². The van der Waals surface area contributed by atoms with Gasteiger partial charge < -0.3 is 14.8 Å². The molecule has 7 heteroatoms. The second-order valence-corrected chi connectivity index (χ2v) is 6.11. The Hall–Kier alpha value is -2.31. The first kappa shape index (κ1) is 17.5. The average Bonchev–Trinajstić information content (AvgIpc) is 2.62. The molecule has 25 heavy (non-hydrogen) atoms. The van der Waals surface area contributed by atoms with Crippen molar-refractivity contribution in [1.82, 2.24) is 5.32 Å². The summed E-state index contributed by atoms with van der Waals surface area (Å²) in [5.74, 6) is 1.42. The second-order valence-electron chi connectivity index (χ2n) is 5.70. The van der Waals surface area contributed by atoms with Gasteiger partial charge in [0, 0.05) is 29.3 Å². The lowest BCUT2D eigenvalue weighted by atomic mass is 9.88. The van der Waals surface area contributed by atoms with Crippen LogP contribution in [0.1, 0.15) is 29.7 Å². The molecular weight excluding hydrogens is 344 g/mol. The van der Waals surface area contributed by atoms with E-state index >= 15 is 0 Å². The summed E-state index contributed by atoms with van der Waals surface area (Å²) in [4.78, 5) is 10.7. The van der Waals surface area contributed by atoms with Crippen molar-refractivity contribution in [2.75, 3.05) is 20.3 Å². The Labute approximate surface area is 150 Å². The van der Waals surface area contributed by atoms with E-state index in [0.717, 1.165) is 23.3 Å². The van der Waals surface area contributed by atoms with Gasteiger partial charge in [-0.3, -0.25) is 10.1 Å². The summed E-state index contributed by atoms with van der Waals surface area (Å²) >= 11 is 6.34. The van der Waals surface area contributed by atoms with E-state index in [1.165, 1.54) is 12.1 Å². The van der Waals surface area contributed by atoms with E-state index in [-0.39, 0.29) is 11.7 Å². The maximum atomic E-state index is 11.1. The molecule has 1 heterocycles. The van der Waals surface area contributed by atoms with Gasteiger partial charge in [0.15, 0.2) is 11.5 Å². The summed E-state index contributed by atoms with van der Waals surface area (Å²) < 4.78 is 11.2. The summed E-state index contributed by atoms with van der Waals surface area (Å²) in [6.45, 7) is 3.17. The molecule has 0 fully saturated rings. The van der Waals surface area contributed by atoms with Crippen LogP contribution in [0.5, 0.6) is 11.5 Å². The molecule has 0 aromatic heterocycles. The van der Waals surface area contributed by atoms with Gasteiger partial charge in [-0.15, -0.1) is 0 Å². The molecule has 0 amide bonds. The van der Waals surface area contributed by atoms with Gasteiger partial charge in [-0.1, -0.05) is 17.7 Å². The molecule has 0 radical (unpaired) electrons. The van der Waals surface area contributed by atoms with Gasteiger partial charge in [-0.05, 0) is 36.6 Å². The van der Waals surface area contributed by atoms with E-state index in [9.17, 15) is 10.1 Å². The van der Waals surface area contributed by atoms with Crippen molar-refractivity contribution in [3.05, 3.63) is 62.2 Å². The minimum absolute atomic E-state index is 0.0202. The third kappa shape index (κ3) is 3.27. The molecule has 0 spiro atoms. The van der Waals surface area contributed by atoms with Crippen LogP contribution in [0, 0.1) is 10.1 Å². The zero-order chi connectivity index (χ0) is 18.0. The molecule has 0 saturated heterocycles. The Morgan fingerprint density at radius 3 is 2.80 bits per heavy atom. The predicted molar refractivity (Wildman–Crippen MR) is 95.8 cm³/mol. The van der Waals surface area contributed by atoms with E-state index in [0.29, 0.717) is 29.5 Å². The number of hydrogen-bond acceptors (Lipinski definition) is 5. The Morgan fingerprint density at radius 1 is 1.32 bits per heavy atom. The van der Waals surface area contributed by atoms with Crippen LogP contribution in [-0.2, 0) is 6.42 Å².